The highest BCUT2D eigenvalue weighted by atomic mass is 16.5. The molecule has 7 heteroatoms. The molecule has 1 amide bonds. The van der Waals surface area contributed by atoms with Crippen molar-refractivity contribution in [3.8, 4) is 11.4 Å². The second kappa shape index (κ2) is 7.57. The molecule has 0 aliphatic carbocycles. The third-order valence-electron chi connectivity index (χ3n) is 4.61. The van der Waals surface area contributed by atoms with Crippen LogP contribution in [-0.2, 0) is 0 Å². The molecule has 0 atom stereocenters. The Kier molecular flexibility index (Phi) is 4.82. The number of aryl methyl sites for hydroxylation is 1. The van der Waals surface area contributed by atoms with Crippen LogP contribution in [0.5, 0.6) is 5.75 Å². The molecule has 1 fully saturated rings. The molecule has 1 aromatic carbocycles. The molecule has 1 aliphatic heterocycles. The molecule has 0 bridgehead atoms. The Bertz CT molecular complexity index is 900. The Balaban J connectivity index is 1.35. The van der Waals surface area contributed by atoms with Crippen molar-refractivity contribution in [2.45, 2.75) is 25.9 Å². The van der Waals surface area contributed by atoms with Gasteiger partial charge in [0.1, 0.15) is 11.9 Å². The van der Waals surface area contributed by atoms with Crippen LogP contribution in [0.2, 0.25) is 0 Å². The van der Waals surface area contributed by atoms with Crippen LogP contribution in [-0.4, -0.2) is 50.0 Å². The van der Waals surface area contributed by atoms with Crippen molar-refractivity contribution >= 4 is 5.91 Å². The van der Waals surface area contributed by atoms with Crippen LogP contribution in [0.15, 0.2) is 54.9 Å². The van der Waals surface area contributed by atoms with Gasteiger partial charge in [-0.05, 0) is 31.2 Å². The molecule has 0 unspecified atom stereocenters. The smallest absolute Gasteiger partial charge is 0.276 e. The molecule has 0 spiro atoms. The number of nitrogens with zero attached hydrogens (tertiary/aromatic N) is 5. The zero-order valence-electron chi connectivity index (χ0n) is 15.2. The van der Waals surface area contributed by atoms with Crippen LogP contribution in [0, 0.1) is 6.92 Å². The first kappa shape index (κ1) is 17.2. The van der Waals surface area contributed by atoms with E-state index >= 15 is 0 Å². The lowest BCUT2D eigenvalue weighted by atomic mass is 10.1. The van der Waals surface area contributed by atoms with Gasteiger partial charge in [0.25, 0.3) is 5.91 Å². The van der Waals surface area contributed by atoms with Crippen molar-refractivity contribution in [2.24, 2.45) is 0 Å². The molecular formula is C20H21N5O2. The molecule has 2 aromatic heterocycles. The Hall–Kier alpha value is -3.22. The van der Waals surface area contributed by atoms with Gasteiger partial charge in [-0.3, -0.25) is 9.78 Å². The Morgan fingerprint density at radius 3 is 2.56 bits per heavy atom. The maximum Gasteiger partial charge on any atom is 0.276 e. The summed E-state index contributed by atoms with van der Waals surface area (Å²) < 4.78 is 5.97. The van der Waals surface area contributed by atoms with E-state index in [-0.39, 0.29) is 12.0 Å². The fourth-order valence-corrected chi connectivity index (χ4v) is 3.10. The number of likely N-dealkylation sites (tertiary alicyclic amines) is 1. The normalized spacial score (nSPS) is 14.9. The van der Waals surface area contributed by atoms with E-state index in [1.165, 1.54) is 11.0 Å². The van der Waals surface area contributed by atoms with E-state index in [0.717, 1.165) is 30.0 Å². The van der Waals surface area contributed by atoms with Gasteiger partial charge in [-0.2, -0.15) is 9.90 Å². The SMILES string of the molecule is Cc1ccc(OC2CCN(C(=O)c3cnn(-c4ccccc4)n3)CC2)cn1. The molecule has 3 aromatic rings. The van der Waals surface area contributed by atoms with E-state index in [1.807, 2.05) is 54.3 Å². The molecule has 4 rings (SSSR count). The lowest BCUT2D eigenvalue weighted by Crippen LogP contribution is -2.42. The number of benzene rings is 1. The zero-order valence-corrected chi connectivity index (χ0v) is 15.2. The number of amides is 1. The highest BCUT2D eigenvalue weighted by Crippen LogP contribution is 2.19. The van der Waals surface area contributed by atoms with Gasteiger partial charge in [0.2, 0.25) is 0 Å². The van der Waals surface area contributed by atoms with E-state index in [9.17, 15) is 4.79 Å². The number of hydrogen-bond donors (Lipinski definition) is 0. The average Bonchev–Trinajstić information content (AvgIpc) is 3.21. The van der Waals surface area contributed by atoms with Crippen molar-refractivity contribution in [1.82, 2.24) is 24.9 Å². The minimum absolute atomic E-state index is 0.0902. The third kappa shape index (κ3) is 3.97. The summed E-state index contributed by atoms with van der Waals surface area (Å²) in [7, 11) is 0. The van der Waals surface area contributed by atoms with E-state index < -0.39 is 0 Å². The summed E-state index contributed by atoms with van der Waals surface area (Å²) in [5.74, 6) is 0.684. The summed E-state index contributed by atoms with van der Waals surface area (Å²) in [6.45, 7) is 3.23. The summed E-state index contributed by atoms with van der Waals surface area (Å²) in [5, 5.41) is 8.53. The molecule has 0 N–H and O–H groups in total. The number of carbonyl (C=O) groups is 1. The first-order chi connectivity index (χ1) is 13.2. The maximum atomic E-state index is 12.7. The second-order valence-corrected chi connectivity index (χ2v) is 6.60. The quantitative estimate of drug-likeness (QED) is 0.712. The summed E-state index contributed by atoms with van der Waals surface area (Å²) >= 11 is 0. The molecule has 27 heavy (non-hydrogen) atoms. The van der Waals surface area contributed by atoms with Gasteiger partial charge in [-0.1, -0.05) is 18.2 Å². The average molecular weight is 363 g/mol. The predicted octanol–water partition coefficient (Wildman–Crippen LogP) is 2.65. The first-order valence-corrected chi connectivity index (χ1v) is 9.05. The molecule has 1 aliphatic rings. The predicted molar refractivity (Wildman–Crippen MR) is 99.9 cm³/mol. The number of carbonyl (C=O) groups excluding carboxylic acids is 1. The fourth-order valence-electron chi connectivity index (χ4n) is 3.10. The van der Waals surface area contributed by atoms with Gasteiger partial charge in [-0.25, -0.2) is 0 Å². The Morgan fingerprint density at radius 1 is 1.07 bits per heavy atom. The third-order valence-corrected chi connectivity index (χ3v) is 4.61. The standard InChI is InChI=1S/C20H21N5O2/c1-15-7-8-18(13-21-15)27-17-9-11-24(12-10-17)20(26)19-14-22-25(23-19)16-5-3-2-4-6-16/h2-8,13-14,17H,9-12H2,1H3. The number of pyridine rings is 1. The van der Waals surface area contributed by atoms with Crippen LogP contribution in [0.25, 0.3) is 5.69 Å². The second-order valence-electron chi connectivity index (χ2n) is 6.60. The molecule has 0 saturated carbocycles. The van der Waals surface area contributed by atoms with E-state index in [1.54, 1.807) is 6.20 Å². The minimum atomic E-state index is -0.0902. The molecule has 0 radical (unpaired) electrons. The summed E-state index contributed by atoms with van der Waals surface area (Å²) in [6, 6.07) is 13.4. The largest absolute Gasteiger partial charge is 0.489 e. The first-order valence-electron chi connectivity index (χ1n) is 9.05. The number of piperidine rings is 1. The lowest BCUT2D eigenvalue weighted by molar-refractivity contribution is 0.0589. The van der Waals surface area contributed by atoms with Crippen molar-refractivity contribution < 1.29 is 9.53 Å². The van der Waals surface area contributed by atoms with Crippen molar-refractivity contribution in [2.75, 3.05) is 13.1 Å². The molecular weight excluding hydrogens is 342 g/mol. The topological polar surface area (TPSA) is 73.1 Å². The number of para-hydroxylation sites is 1. The maximum absolute atomic E-state index is 12.7. The molecule has 3 heterocycles. The fraction of sp³-hybridized carbons (Fsp3) is 0.300. The van der Waals surface area contributed by atoms with Crippen LogP contribution >= 0.6 is 0 Å². The number of aromatic nitrogens is 4. The van der Waals surface area contributed by atoms with Crippen LogP contribution in [0.1, 0.15) is 29.0 Å². The molecule has 7 nitrogen and oxygen atoms in total. The van der Waals surface area contributed by atoms with E-state index in [0.29, 0.717) is 18.8 Å². The van der Waals surface area contributed by atoms with Crippen LogP contribution in [0.4, 0.5) is 0 Å². The molecule has 1 saturated heterocycles. The monoisotopic (exact) mass is 363 g/mol. The van der Waals surface area contributed by atoms with Crippen molar-refractivity contribution in [3.63, 3.8) is 0 Å². The number of ether oxygens (including phenoxy) is 1. The van der Waals surface area contributed by atoms with Crippen molar-refractivity contribution in [1.29, 1.82) is 0 Å². The zero-order chi connectivity index (χ0) is 18.6. The number of rotatable bonds is 4. The van der Waals surface area contributed by atoms with Gasteiger partial charge in [0.15, 0.2) is 5.69 Å². The van der Waals surface area contributed by atoms with Gasteiger partial charge in [0.05, 0.1) is 18.1 Å². The van der Waals surface area contributed by atoms with Gasteiger partial charge < -0.3 is 9.64 Å². The molecule has 138 valence electrons. The Labute approximate surface area is 157 Å². The van der Waals surface area contributed by atoms with Crippen molar-refractivity contribution in [3.05, 3.63) is 66.2 Å². The highest BCUT2D eigenvalue weighted by Gasteiger charge is 2.26. The lowest BCUT2D eigenvalue weighted by Gasteiger charge is -2.31. The van der Waals surface area contributed by atoms with E-state index in [4.69, 9.17) is 4.74 Å². The van der Waals surface area contributed by atoms with Gasteiger partial charge in [-0.15, -0.1) is 5.10 Å². The minimum Gasteiger partial charge on any atom is -0.489 e. The van der Waals surface area contributed by atoms with Gasteiger partial charge >= 0.3 is 0 Å². The van der Waals surface area contributed by atoms with Gasteiger partial charge in [0, 0.05) is 31.6 Å². The summed E-state index contributed by atoms with van der Waals surface area (Å²) in [6.07, 6.45) is 4.93. The Morgan fingerprint density at radius 2 is 1.85 bits per heavy atom. The number of hydrogen-bond acceptors (Lipinski definition) is 5. The van der Waals surface area contributed by atoms with E-state index in [2.05, 4.69) is 15.2 Å². The van der Waals surface area contributed by atoms with Crippen LogP contribution < -0.4 is 4.74 Å². The summed E-state index contributed by atoms with van der Waals surface area (Å²) in [5.41, 5.74) is 2.16. The highest BCUT2D eigenvalue weighted by molar-refractivity contribution is 5.92. The van der Waals surface area contributed by atoms with Crippen LogP contribution in [0.3, 0.4) is 0 Å². The summed E-state index contributed by atoms with van der Waals surface area (Å²) in [4.78, 5) is 20.2.